The zero-order valence-corrected chi connectivity index (χ0v) is 15.7. The number of benzene rings is 1. The third-order valence-electron chi connectivity index (χ3n) is 4.22. The zero-order valence-electron chi connectivity index (χ0n) is 15.7. The number of hydrogen-bond donors (Lipinski definition) is 1. The molecular formula is C18H23N3O6. The summed E-state index contributed by atoms with van der Waals surface area (Å²) in [7, 11) is 2.86. The summed E-state index contributed by atoms with van der Waals surface area (Å²) in [5, 5.41) is 2.61. The van der Waals surface area contributed by atoms with Gasteiger partial charge in [0.15, 0.2) is 6.29 Å². The molecule has 1 aliphatic heterocycles. The first-order valence-corrected chi connectivity index (χ1v) is 8.35. The van der Waals surface area contributed by atoms with Crippen molar-refractivity contribution in [3.8, 4) is 0 Å². The van der Waals surface area contributed by atoms with Gasteiger partial charge in [-0.05, 0) is 24.3 Å². The predicted molar refractivity (Wildman–Crippen MR) is 96.8 cm³/mol. The Balaban J connectivity index is 2.21. The van der Waals surface area contributed by atoms with Gasteiger partial charge in [-0.3, -0.25) is 19.2 Å². The van der Waals surface area contributed by atoms with Crippen molar-refractivity contribution >= 4 is 35.0 Å². The van der Waals surface area contributed by atoms with Gasteiger partial charge in [-0.2, -0.15) is 0 Å². The van der Waals surface area contributed by atoms with Gasteiger partial charge < -0.3 is 19.7 Å². The molecule has 1 aromatic rings. The van der Waals surface area contributed by atoms with E-state index in [1.165, 1.54) is 33.0 Å². The SMILES string of the molecule is COC(CN(C(C)=O)C1CC(=O)N(c2ccc(NC(C)=O)cc2)C1=O)OC. The van der Waals surface area contributed by atoms with E-state index in [-0.39, 0.29) is 24.8 Å². The lowest BCUT2D eigenvalue weighted by Crippen LogP contribution is -2.48. The van der Waals surface area contributed by atoms with E-state index in [1.54, 1.807) is 24.3 Å². The summed E-state index contributed by atoms with van der Waals surface area (Å²) in [5.74, 6) is -1.48. The second kappa shape index (κ2) is 8.74. The molecule has 0 aromatic heterocycles. The van der Waals surface area contributed by atoms with Gasteiger partial charge in [0.1, 0.15) is 6.04 Å². The fourth-order valence-corrected chi connectivity index (χ4v) is 2.91. The van der Waals surface area contributed by atoms with Crippen LogP contribution in [0.3, 0.4) is 0 Å². The number of methoxy groups -OCH3 is 2. The summed E-state index contributed by atoms with van der Waals surface area (Å²) in [6.07, 6.45) is -0.825. The Hall–Kier alpha value is -2.78. The first kappa shape index (κ1) is 20.5. The molecule has 146 valence electrons. The highest BCUT2D eigenvalue weighted by Gasteiger charge is 2.44. The molecule has 9 heteroatoms. The highest BCUT2D eigenvalue weighted by atomic mass is 16.7. The Kier molecular flexibility index (Phi) is 6.65. The number of carbonyl (C=O) groups excluding carboxylic acids is 4. The topological polar surface area (TPSA) is 105 Å². The molecule has 27 heavy (non-hydrogen) atoms. The number of rotatable bonds is 7. The fraction of sp³-hybridized carbons (Fsp3) is 0.444. The van der Waals surface area contributed by atoms with Crippen molar-refractivity contribution in [3.05, 3.63) is 24.3 Å². The van der Waals surface area contributed by atoms with Crippen LogP contribution in [-0.2, 0) is 28.7 Å². The molecule has 9 nitrogen and oxygen atoms in total. The van der Waals surface area contributed by atoms with E-state index in [1.807, 2.05) is 0 Å². The molecular weight excluding hydrogens is 354 g/mol. The molecule has 1 heterocycles. The quantitative estimate of drug-likeness (QED) is 0.555. The van der Waals surface area contributed by atoms with Crippen LogP contribution < -0.4 is 10.2 Å². The fourth-order valence-electron chi connectivity index (χ4n) is 2.91. The number of imide groups is 1. The Morgan fingerprint density at radius 3 is 2.26 bits per heavy atom. The van der Waals surface area contributed by atoms with E-state index in [9.17, 15) is 19.2 Å². The van der Waals surface area contributed by atoms with Gasteiger partial charge >= 0.3 is 0 Å². The molecule has 1 fully saturated rings. The van der Waals surface area contributed by atoms with Crippen LogP contribution in [0, 0.1) is 0 Å². The van der Waals surface area contributed by atoms with Crippen LogP contribution in [0.15, 0.2) is 24.3 Å². The molecule has 1 aromatic carbocycles. The highest BCUT2D eigenvalue weighted by Crippen LogP contribution is 2.27. The molecule has 0 aliphatic carbocycles. The second-order valence-corrected chi connectivity index (χ2v) is 6.09. The van der Waals surface area contributed by atoms with E-state index >= 15 is 0 Å². The van der Waals surface area contributed by atoms with Crippen molar-refractivity contribution in [2.24, 2.45) is 0 Å². The van der Waals surface area contributed by atoms with Gasteiger partial charge in [0.2, 0.25) is 17.7 Å². The number of amides is 4. The monoisotopic (exact) mass is 377 g/mol. The van der Waals surface area contributed by atoms with Gasteiger partial charge in [0.05, 0.1) is 18.7 Å². The molecule has 1 aliphatic rings. The van der Waals surface area contributed by atoms with Gasteiger partial charge in [0.25, 0.3) is 5.91 Å². The van der Waals surface area contributed by atoms with Gasteiger partial charge in [-0.15, -0.1) is 0 Å². The minimum absolute atomic E-state index is 0.0291. The molecule has 1 N–H and O–H groups in total. The summed E-state index contributed by atoms with van der Waals surface area (Å²) in [6, 6.07) is 5.40. The maximum atomic E-state index is 12.8. The van der Waals surface area contributed by atoms with Gasteiger partial charge in [-0.25, -0.2) is 4.90 Å². The maximum absolute atomic E-state index is 12.8. The molecule has 4 amide bonds. The number of carbonyl (C=O) groups is 4. The first-order chi connectivity index (χ1) is 12.8. The van der Waals surface area contributed by atoms with Crippen molar-refractivity contribution in [1.29, 1.82) is 0 Å². The van der Waals surface area contributed by atoms with Crippen LogP contribution >= 0.6 is 0 Å². The highest BCUT2D eigenvalue weighted by molar-refractivity contribution is 6.23. The zero-order chi connectivity index (χ0) is 20.1. The van der Waals surface area contributed by atoms with Crippen LogP contribution in [0.4, 0.5) is 11.4 Å². The number of ether oxygens (including phenoxy) is 2. The Bertz CT molecular complexity index is 729. The Morgan fingerprint density at radius 2 is 1.78 bits per heavy atom. The van der Waals surface area contributed by atoms with Crippen molar-refractivity contribution in [2.75, 3.05) is 31.0 Å². The van der Waals surface area contributed by atoms with Gasteiger partial charge in [0, 0.05) is 33.8 Å². The lowest BCUT2D eigenvalue weighted by Gasteiger charge is -2.29. The molecule has 0 spiro atoms. The van der Waals surface area contributed by atoms with Crippen molar-refractivity contribution < 1.29 is 28.7 Å². The van der Waals surface area contributed by atoms with Crippen LogP contribution in [0.2, 0.25) is 0 Å². The Morgan fingerprint density at radius 1 is 1.19 bits per heavy atom. The molecule has 2 rings (SSSR count). The molecule has 1 saturated heterocycles. The molecule has 0 bridgehead atoms. The third kappa shape index (κ3) is 4.69. The predicted octanol–water partition coefficient (Wildman–Crippen LogP) is 0.744. The lowest BCUT2D eigenvalue weighted by atomic mass is 10.2. The average Bonchev–Trinajstić information content (AvgIpc) is 2.90. The summed E-state index contributed by atoms with van der Waals surface area (Å²) >= 11 is 0. The maximum Gasteiger partial charge on any atom is 0.257 e. The van der Waals surface area contributed by atoms with Crippen molar-refractivity contribution in [2.45, 2.75) is 32.6 Å². The summed E-state index contributed by atoms with van der Waals surface area (Å²) in [4.78, 5) is 50.7. The summed E-state index contributed by atoms with van der Waals surface area (Å²) in [6.45, 7) is 2.74. The van der Waals surface area contributed by atoms with E-state index in [0.29, 0.717) is 11.4 Å². The second-order valence-electron chi connectivity index (χ2n) is 6.09. The smallest absolute Gasteiger partial charge is 0.257 e. The Labute approximate surface area is 157 Å². The summed E-state index contributed by atoms with van der Waals surface area (Å²) in [5.41, 5.74) is 0.926. The van der Waals surface area contributed by atoms with Crippen LogP contribution in [0.25, 0.3) is 0 Å². The van der Waals surface area contributed by atoms with E-state index in [2.05, 4.69) is 5.32 Å². The van der Waals surface area contributed by atoms with Crippen LogP contribution in [0.1, 0.15) is 20.3 Å². The molecule has 1 unspecified atom stereocenters. The van der Waals surface area contributed by atoms with E-state index < -0.39 is 24.1 Å². The first-order valence-electron chi connectivity index (χ1n) is 8.35. The molecule has 0 radical (unpaired) electrons. The van der Waals surface area contributed by atoms with E-state index in [4.69, 9.17) is 9.47 Å². The molecule has 0 saturated carbocycles. The van der Waals surface area contributed by atoms with Crippen LogP contribution in [0.5, 0.6) is 0 Å². The number of nitrogens with zero attached hydrogens (tertiary/aromatic N) is 2. The average molecular weight is 377 g/mol. The molecule has 1 atom stereocenters. The minimum atomic E-state index is -0.919. The minimum Gasteiger partial charge on any atom is -0.354 e. The van der Waals surface area contributed by atoms with Crippen LogP contribution in [-0.4, -0.2) is 61.6 Å². The standard InChI is InChI=1S/C18H23N3O6/c1-11(22)19-13-5-7-14(8-6-13)21-16(24)9-15(18(21)25)20(12(2)23)10-17(26-3)27-4/h5-8,15,17H,9-10H2,1-4H3,(H,19,22). The van der Waals surface area contributed by atoms with E-state index in [0.717, 1.165) is 4.90 Å². The largest absolute Gasteiger partial charge is 0.354 e. The van der Waals surface area contributed by atoms with Crippen molar-refractivity contribution in [3.63, 3.8) is 0 Å². The number of anilines is 2. The normalized spacial score (nSPS) is 16.8. The number of hydrogen-bond acceptors (Lipinski definition) is 6. The van der Waals surface area contributed by atoms with Crippen molar-refractivity contribution in [1.82, 2.24) is 4.90 Å². The number of nitrogens with one attached hydrogen (secondary N) is 1. The lowest BCUT2D eigenvalue weighted by molar-refractivity contribution is -0.150. The summed E-state index contributed by atoms with van der Waals surface area (Å²) < 4.78 is 10.2. The third-order valence-corrected chi connectivity index (χ3v) is 4.22. The van der Waals surface area contributed by atoms with Gasteiger partial charge in [-0.1, -0.05) is 0 Å².